The number of hydrogen-bond acceptors (Lipinski definition) is 6. The lowest BCUT2D eigenvalue weighted by Gasteiger charge is -2.22. The minimum atomic E-state index is -1.27. The van der Waals surface area contributed by atoms with E-state index in [2.05, 4.69) is 25.6 Å². The van der Waals surface area contributed by atoms with Gasteiger partial charge in [-0.15, -0.1) is 0 Å². The molecule has 3 heterocycles. The third-order valence-corrected chi connectivity index (χ3v) is 5.55. The molecule has 158 valence electrons. The fourth-order valence-electron chi connectivity index (χ4n) is 3.84. The topological polar surface area (TPSA) is 117 Å². The molecule has 2 N–H and O–H groups in total. The highest BCUT2D eigenvalue weighted by Gasteiger charge is 2.49. The number of imide groups is 1. The Hall–Kier alpha value is -4.40. The molecule has 0 saturated carbocycles. The molecule has 1 unspecified atom stereocenters. The summed E-state index contributed by atoms with van der Waals surface area (Å²) in [6.45, 7) is 1.18. The van der Waals surface area contributed by atoms with Crippen molar-refractivity contribution in [3.63, 3.8) is 0 Å². The van der Waals surface area contributed by atoms with Crippen LogP contribution in [0.15, 0.2) is 67.1 Å². The monoisotopic (exact) mass is 426 g/mol. The molecule has 4 amide bonds. The first kappa shape index (κ1) is 19.6. The number of carbonyl (C=O) groups is 3. The van der Waals surface area contributed by atoms with E-state index < -0.39 is 29.9 Å². The maximum absolute atomic E-state index is 13.2. The fraction of sp³-hybridized carbons (Fsp3) is 0.130. The number of anilines is 1. The van der Waals surface area contributed by atoms with E-state index in [4.69, 9.17) is 0 Å². The lowest BCUT2D eigenvalue weighted by Crippen LogP contribution is -2.42. The van der Waals surface area contributed by atoms with Crippen LogP contribution in [-0.2, 0) is 15.1 Å². The molecule has 1 aliphatic heterocycles. The minimum Gasteiger partial charge on any atom is -0.319 e. The van der Waals surface area contributed by atoms with Gasteiger partial charge in [0.15, 0.2) is 5.82 Å². The Bertz CT molecular complexity index is 1400. The van der Waals surface area contributed by atoms with Crippen molar-refractivity contribution < 1.29 is 14.4 Å². The predicted molar refractivity (Wildman–Crippen MR) is 118 cm³/mol. The van der Waals surface area contributed by atoms with E-state index >= 15 is 0 Å². The van der Waals surface area contributed by atoms with Gasteiger partial charge in [-0.3, -0.25) is 19.5 Å². The Morgan fingerprint density at radius 2 is 1.78 bits per heavy atom. The molecule has 1 atom stereocenters. The first-order valence-electron chi connectivity index (χ1n) is 9.95. The van der Waals surface area contributed by atoms with Gasteiger partial charge in [-0.2, -0.15) is 0 Å². The summed E-state index contributed by atoms with van der Waals surface area (Å²) in [5.41, 5.74) is 0.353. The average molecular weight is 426 g/mol. The summed E-state index contributed by atoms with van der Waals surface area (Å²) in [6, 6.07) is 14.4. The third-order valence-electron chi connectivity index (χ3n) is 5.55. The van der Waals surface area contributed by atoms with E-state index in [9.17, 15) is 14.4 Å². The molecule has 32 heavy (non-hydrogen) atoms. The molecule has 0 bridgehead atoms. The van der Waals surface area contributed by atoms with Gasteiger partial charge in [0.2, 0.25) is 5.91 Å². The number of carbonyl (C=O) groups excluding carboxylic acids is 3. The Kier molecular flexibility index (Phi) is 4.51. The number of hydrogen-bond donors (Lipinski definition) is 2. The smallest absolute Gasteiger partial charge is 0.319 e. The molecule has 2 aromatic carbocycles. The molecule has 1 saturated heterocycles. The first-order chi connectivity index (χ1) is 15.5. The van der Waals surface area contributed by atoms with Crippen molar-refractivity contribution in [2.75, 3.05) is 11.9 Å². The van der Waals surface area contributed by atoms with Crippen molar-refractivity contribution in [1.29, 1.82) is 0 Å². The summed E-state index contributed by atoms with van der Waals surface area (Å²) in [6.07, 6.45) is 4.53. The zero-order chi connectivity index (χ0) is 22.3. The highest BCUT2D eigenvalue weighted by atomic mass is 16.2. The van der Waals surface area contributed by atoms with Gasteiger partial charge in [0.1, 0.15) is 17.6 Å². The summed E-state index contributed by atoms with van der Waals surface area (Å²) >= 11 is 0. The summed E-state index contributed by atoms with van der Waals surface area (Å²) in [5, 5.41) is 7.33. The number of aromatic nitrogens is 3. The number of nitrogens with one attached hydrogen (secondary N) is 2. The Labute approximate surface area is 182 Å². The van der Waals surface area contributed by atoms with Crippen molar-refractivity contribution in [2.45, 2.75) is 12.5 Å². The van der Waals surface area contributed by atoms with Crippen LogP contribution in [0, 0.1) is 0 Å². The SMILES string of the molecule is CC1(c2ccc3ccccc3c2)NC(=O)N(CC(=O)Nc2nccc3nccnc23)C1=O. The molecule has 9 heteroatoms. The summed E-state index contributed by atoms with van der Waals surface area (Å²) in [7, 11) is 0. The van der Waals surface area contributed by atoms with E-state index in [0.717, 1.165) is 15.7 Å². The molecular formula is C23H18N6O3. The Balaban J connectivity index is 1.38. The predicted octanol–water partition coefficient (Wildman–Crippen LogP) is 2.58. The maximum atomic E-state index is 13.2. The van der Waals surface area contributed by atoms with Crippen molar-refractivity contribution >= 4 is 45.5 Å². The molecule has 0 spiro atoms. The summed E-state index contributed by atoms with van der Waals surface area (Å²) < 4.78 is 0. The van der Waals surface area contributed by atoms with Gasteiger partial charge in [0.25, 0.3) is 5.91 Å². The number of pyridine rings is 1. The van der Waals surface area contributed by atoms with E-state index in [1.165, 1.54) is 18.6 Å². The van der Waals surface area contributed by atoms with Crippen LogP contribution in [0.4, 0.5) is 10.6 Å². The van der Waals surface area contributed by atoms with Crippen molar-refractivity contribution in [2.24, 2.45) is 0 Å². The van der Waals surface area contributed by atoms with Crippen LogP contribution in [0.3, 0.4) is 0 Å². The van der Waals surface area contributed by atoms with Crippen LogP contribution >= 0.6 is 0 Å². The van der Waals surface area contributed by atoms with Gasteiger partial charge >= 0.3 is 6.03 Å². The zero-order valence-corrected chi connectivity index (χ0v) is 17.1. The van der Waals surface area contributed by atoms with Crippen LogP contribution in [0.1, 0.15) is 12.5 Å². The van der Waals surface area contributed by atoms with E-state index in [-0.39, 0.29) is 5.82 Å². The number of amides is 4. The number of nitrogens with zero attached hydrogens (tertiary/aromatic N) is 4. The molecule has 1 fully saturated rings. The second-order valence-corrected chi connectivity index (χ2v) is 7.64. The van der Waals surface area contributed by atoms with E-state index in [1.807, 2.05) is 42.5 Å². The van der Waals surface area contributed by atoms with Gasteiger partial charge in [0, 0.05) is 18.6 Å². The average Bonchev–Trinajstić information content (AvgIpc) is 3.03. The highest BCUT2D eigenvalue weighted by Crippen LogP contribution is 2.31. The van der Waals surface area contributed by atoms with Gasteiger partial charge in [-0.1, -0.05) is 36.4 Å². The van der Waals surface area contributed by atoms with Crippen molar-refractivity contribution in [1.82, 2.24) is 25.2 Å². The summed E-state index contributed by atoms with van der Waals surface area (Å²) in [5.74, 6) is -0.856. The molecule has 5 rings (SSSR count). The molecular weight excluding hydrogens is 408 g/mol. The number of benzene rings is 2. The molecule has 2 aromatic heterocycles. The summed E-state index contributed by atoms with van der Waals surface area (Å²) in [4.78, 5) is 51.8. The quantitative estimate of drug-likeness (QED) is 0.485. The molecule has 0 radical (unpaired) electrons. The molecule has 4 aromatic rings. The standard InChI is InChI=1S/C23H18N6O3/c1-23(16-7-6-14-4-2-3-5-15(14)12-16)21(31)29(22(32)28-23)13-18(30)27-20-19-17(8-9-26-20)24-10-11-25-19/h2-12H,13H2,1H3,(H,28,32)(H,26,27,30). The van der Waals surface area contributed by atoms with E-state index in [1.54, 1.807) is 13.0 Å². The second-order valence-electron chi connectivity index (χ2n) is 7.64. The normalized spacial score (nSPS) is 18.2. The molecule has 9 nitrogen and oxygen atoms in total. The van der Waals surface area contributed by atoms with Gasteiger partial charge in [0.05, 0.1) is 5.52 Å². The van der Waals surface area contributed by atoms with E-state index in [0.29, 0.717) is 16.6 Å². The second kappa shape index (κ2) is 7.38. The van der Waals surface area contributed by atoms with Crippen molar-refractivity contribution in [3.8, 4) is 0 Å². The fourth-order valence-corrected chi connectivity index (χ4v) is 3.84. The van der Waals surface area contributed by atoms with Crippen molar-refractivity contribution in [3.05, 3.63) is 72.7 Å². The van der Waals surface area contributed by atoms with Crippen LogP contribution in [-0.4, -0.2) is 44.2 Å². The number of urea groups is 1. The number of fused-ring (bicyclic) bond motifs is 2. The first-order valence-corrected chi connectivity index (χ1v) is 9.95. The Morgan fingerprint density at radius 3 is 2.62 bits per heavy atom. The van der Waals surface area contributed by atoms with Gasteiger partial charge in [-0.25, -0.2) is 14.8 Å². The van der Waals surface area contributed by atoms with Crippen LogP contribution in [0.5, 0.6) is 0 Å². The maximum Gasteiger partial charge on any atom is 0.325 e. The third kappa shape index (κ3) is 3.20. The van der Waals surface area contributed by atoms with Crippen LogP contribution < -0.4 is 10.6 Å². The minimum absolute atomic E-state index is 0.213. The lowest BCUT2D eigenvalue weighted by molar-refractivity contribution is -0.133. The van der Waals surface area contributed by atoms with Gasteiger partial charge in [-0.05, 0) is 35.4 Å². The zero-order valence-electron chi connectivity index (χ0n) is 17.1. The van der Waals surface area contributed by atoms with Gasteiger partial charge < -0.3 is 10.6 Å². The molecule has 0 aliphatic carbocycles. The number of rotatable bonds is 4. The molecule has 1 aliphatic rings. The Morgan fingerprint density at radius 1 is 1.00 bits per heavy atom. The van der Waals surface area contributed by atoms with Crippen LogP contribution in [0.25, 0.3) is 21.8 Å². The highest BCUT2D eigenvalue weighted by molar-refractivity contribution is 6.11. The van der Waals surface area contributed by atoms with Crippen LogP contribution in [0.2, 0.25) is 0 Å². The lowest BCUT2D eigenvalue weighted by atomic mass is 9.90. The largest absolute Gasteiger partial charge is 0.325 e.